The van der Waals surface area contributed by atoms with Crippen LogP contribution in [0.5, 0.6) is 5.75 Å². The molecule has 0 fully saturated rings. The minimum absolute atomic E-state index is 0.0489. The van der Waals surface area contributed by atoms with Crippen LogP contribution in [0.1, 0.15) is 39.2 Å². The van der Waals surface area contributed by atoms with E-state index in [1.807, 2.05) is 0 Å². The summed E-state index contributed by atoms with van der Waals surface area (Å²) in [6, 6.07) is 6.37. The van der Waals surface area contributed by atoms with Gasteiger partial charge in [0.25, 0.3) is 0 Å². The average molecular weight is 391 g/mol. The zero-order valence-electron chi connectivity index (χ0n) is 16.5. The van der Waals surface area contributed by atoms with Crippen LogP contribution in [0, 0.1) is 0 Å². The highest BCUT2D eigenvalue weighted by molar-refractivity contribution is 5.81. The Kier molecular flexibility index (Phi) is 7.03. The van der Waals surface area contributed by atoms with Crippen molar-refractivity contribution >= 4 is 23.0 Å². The molecule has 8 heteroatoms. The number of alkyl carbamates (subject to hydrolysis) is 1. The van der Waals surface area contributed by atoms with Gasteiger partial charge in [0, 0.05) is 36.0 Å². The number of nitrogens with one attached hydrogen (secondary N) is 1. The molecule has 1 amide bonds. The summed E-state index contributed by atoms with van der Waals surface area (Å²) in [5.74, 6) is 0.128. The van der Waals surface area contributed by atoms with Crippen LogP contribution in [0.15, 0.2) is 33.5 Å². The average Bonchev–Trinajstić information content (AvgIpc) is 2.61. The highest BCUT2D eigenvalue weighted by atomic mass is 16.6. The van der Waals surface area contributed by atoms with Gasteiger partial charge in [-0.1, -0.05) is 0 Å². The first kappa shape index (κ1) is 21.3. The summed E-state index contributed by atoms with van der Waals surface area (Å²) in [7, 11) is 1.52. The topological polar surface area (TPSA) is 104 Å². The number of ether oxygens (including phenoxy) is 3. The van der Waals surface area contributed by atoms with Crippen molar-refractivity contribution in [3.8, 4) is 5.75 Å². The summed E-state index contributed by atoms with van der Waals surface area (Å²) in [6.45, 7) is 5.56. The van der Waals surface area contributed by atoms with Crippen molar-refractivity contribution in [2.24, 2.45) is 0 Å². The van der Waals surface area contributed by atoms with Crippen LogP contribution in [0.25, 0.3) is 11.0 Å². The lowest BCUT2D eigenvalue weighted by molar-refractivity contribution is -0.145. The van der Waals surface area contributed by atoms with Crippen LogP contribution in [0.3, 0.4) is 0 Å². The molecule has 0 aliphatic rings. The Bertz CT molecular complexity index is 896. The van der Waals surface area contributed by atoms with Crippen molar-refractivity contribution < 1.29 is 28.2 Å². The first-order valence-corrected chi connectivity index (χ1v) is 8.91. The standard InChI is InChI=1S/C20H25NO7/c1-20(2,3)28-19(24)21-9-5-6-17(22)26-12-13-10-18(23)27-16-11-14(25-4)7-8-15(13)16/h7-8,10-11H,5-6,9,12H2,1-4H3,(H,21,24). The maximum absolute atomic E-state index is 11.9. The predicted molar refractivity (Wildman–Crippen MR) is 102 cm³/mol. The fourth-order valence-electron chi connectivity index (χ4n) is 2.42. The third-order valence-corrected chi connectivity index (χ3v) is 3.65. The number of methoxy groups -OCH3 is 1. The largest absolute Gasteiger partial charge is 0.497 e. The van der Waals surface area contributed by atoms with Gasteiger partial charge in [-0.15, -0.1) is 0 Å². The van der Waals surface area contributed by atoms with E-state index in [0.29, 0.717) is 35.2 Å². The Morgan fingerprint density at radius 2 is 1.93 bits per heavy atom. The Morgan fingerprint density at radius 1 is 1.18 bits per heavy atom. The van der Waals surface area contributed by atoms with Crippen LogP contribution < -0.4 is 15.7 Å². The quantitative estimate of drug-likeness (QED) is 0.439. The van der Waals surface area contributed by atoms with Gasteiger partial charge in [0.05, 0.1) is 7.11 Å². The van der Waals surface area contributed by atoms with Crippen LogP contribution in [0.4, 0.5) is 4.79 Å². The summed E-state index contributed by atoms with van der Waals surface area (Å²) >= 11 is 0. The van der Waals surface area contributed by atoms with E-state index in [4.69, 9.17) is 18.6 Å². The van der Waals surface area contributed by atoms with E-state index >= 15 is 0 Å². The molecular weight excluding hydrogens is 366 g/mol. The lowest BCUT2D eigenvalue weighted by Crippen LogP contribution is -2.33. The SMILES string of the molecule is COc1ccc2c(COC(=O)CCCNC(=O)OC(C)(C)C)cc(=O)oc2c1. The molecule has 28 heavy (non-hydrogen) atoms. The van der Waals surface area contributed by atoms with Gasteiger partial charge >= 0.3 is 17.7 Å². The van der Waals surface area contributed by atoms with E-state index in [1.165, 1.54) is 13.2 Å². The second-order valence-corrected chi connectivity index (χ2v) is 7.15. The van der Waals surface area contributed by atoms with Crippen molar-refractivity contribution in [1.29, 1.82) is 0 Å². The number of hydrogen-bond acceptors (Lipinski definition) is 7. The summed E-state index contributed by atoms with van der Waals surface area (Å²) in [4.78, 5) is 35.2. The van der Waals surface area contributed by atoms with Crippen LogP contribution in [0.2, 0.25) is 0 Å². The highest BCUT2D eigenvalue weighted by Gasteiger charge is 2.15. The Labute approximate surface area is 162 Å². The second-order valence-electron chi connectivity index (χ2n) is 7.15. The van der Waals surface area contributed by atoms with Crippen LogP contribution >= 0.6 is 0 Å². The van der Waals surface area contributed by atoms with Gasteiger partial charge in [0.15, 0.2) is 0 Å². The molecule has 2 aromatic rings. The van der Waals surface area contributed by atoms with Crippen molar-refractivity contribution in [2.45, 2.75) is 45.8 Å². The van der Waals surface area contributed by atoms with Crippen molar-refractivity contribution in [3.05, 3.63) is 40.2 Å². The molecule has 0 spiro atoms. The summed E-state index contributed by atoms with van der Waals surface area (Å²) < 4.78 is 20.6. The number of carbonyl (C=O) groups excluding carboxylic acids is 2. The van der Waals surface area contributed by atoms with Crippen molar-refractivity contribution in [2.75, 3.05) is 13.7 Å². The van der Waals surface area contributed by atoms with Gasteiger partial charge in [-0.3, -0.25) is 4.79 Å². The molecule has 0 saturated carbocycles. The molecule has 0 aliphatic heterocycles. The maximum atomic E-state index is 11.9. The molecule has 0 aliphatic carbocycles. The number of benzene rings is 1. The lowest BCUT2D eigenvalue weighted by Gasteiger charge is -2.19. The van der Waals surface area contributed by atoms with Gasteiger partial charge in [-0.25, -0.2) is 9.59 Å². The minimum Gasteiger partial charge on any atom is -0.497 e. The molecule has 152 valence electrons. The molecule has 0 atom stereocenters. The maximum Gasteiger partial charge on any atom is 0.407 e. The first-order valence-electron chi connectivity index (χ1n) is 8.91. The molecule has 8 nitrogen and oxygen atoms in total. The molecule has 1 N–H and O–H groups in total. The lowest BCUT2D eigenvalue weighted by atomic mass is 10.1. The van der Waals surface area contributed by atoms with Gasteiger partial charge in [0.1, 0.15) is 23.5 Å². The smallest absolute Gasteiger partial charge is 0.407 e. The number of fused-ring (bicyclic) bond motifs is 1. The second kappa shape index (κ2) is 9.25. The number of rotatable bonds is 7. The molecule has 0 saturated heterocycles. The molecule has 1 aromatic heterocycles. The van der Waals surface area contributed by atoms with E-state index in [1.54, 1.807) is 39.0 Å². The summed E-state index contributed by atoms with van der Waals surface area (Å²) in [5, 5.41) is 3.24. The van der Waals surface area contributed by atoms with E-state index in [2.05, 4.69) is 5.32 Å². The zero-order valence-corrected chi connectivity index (χ0v) is 16.5. The van der Waals surface area contributed by atoms with Crippen LogP contribution in [-0.2, 0) is 20.9 Å². The van der Waals surface area contributed by atoms with Gasteiger partial charge in [0.2, 0.25) is 0 Å². The monoisotopic (exact) mass is 391 g/mol. The molecular formula is C20H25NO7. The normalized spacial score (nSPS) is 11.1. The molecule has 2 rings (SSSR count). The number of esters is 1. The van der Waals surface area contributed by atoms with E-state index in [9.17, 15) is 14.4 Å². The molecule has 1 aromatic carbocycles. The molecule has 0 bridgehead atoms. The summed E-state index contributed by atoms with van der Waals surface area (Å²) in [6.07, 6.45) is 0.00873. The van der Waals surface area contributed by atoms with Crippen molar-refractivity contribution in [1.82, 2.24) is 5.32 Å². The Balaban J connectivity index is 1.84. The Morgan fingerprint density at radius 3 is 2.61 bits per heavy atom. The van der Waals surface area contributed by atoms with Crippen molar-refractivity contribution in [3.63, 3.8) is 0 Å². The third kappa shape index (κ3) is 6.61. The van der Waals surface area contributed by atoms with Gasteiger partial charge in [-0.2, -0.15) is 0 Å². The number of amides is 1. The fraction of sp³-hybridized carbons (Fsp3) is 0.450. The zero-order chi connectivity index (χ0) is 20.7. The molecule has 0 unspecified atom stereocenters. The predicted octanol–water partition coefficient (Wildman–Crippen LogP) is 3.15. The van der Waals surface area contributed by atoms with E-state index in [0.717, 1.165) is 0 Å². The minimum atomic E-state index is -0.571. The van der Waals surface area contributed by atoms with Gasteiger partial charge < -0.3 is 23.9 Å². The number of carbonyl (C=O) groups is 2. The molecule has 1 heterocycles. The third-order valence-electron chi connectivity index (χ3n) is 3.65. The van der Waals surface area contributed by atoms with Gasteiger partial charge in [-0.05, 0) is 39.3 Å². The number of hydrogen-bond donors (Lipinski definition) is 1. The van der Waals surface area contributed by atoms with E-state index in [-0.39, 0.29) is 13.0 Å². The summed E-state index contributed by atoms with van der Waals surface area (Å²) in [5.41, 5.74) is -0.194. The molecule has 0 radical (unpaired) electrons. The van der Waals surface area contributed by atoms with Crippen LogP contribution in [-0.4, -0.2) is 31.3 Å². The highest BCUT2D eigenvalue weighted by Crippen LogP contribution is 2.23. The van der Waals surface area contributed by atoms with E-state index < -0.39 is 23.3 Å². The first-order chi connectivity index (χ1) is 13.2. The Hall–Kier alpha value is -3.03. The fourth-order valence-corrected chi connectivity index (χ4v) is 2.42.